The van der Waals surface area contributed by atoms with Crippen molar-refractivity contribution in [2.75, 3.05) is 19.6 Å². The van der Waals surface area contributed by atoms with Gasteiger partial charge in [0.25, 0.3) is 0 Å². The lowest BCUT2D eigenvalue weighted by Gasteiger charge is -2.32. The molecule has 0 amide bonds. The molecule has 1 fully saturated rings. The molecule has 0 radical (unpaired) electrons. The molecule has 0 aromatic heterocycles. The molecule has 1 aliphatic heterocycles. The molecule has 0 spiro atoms. The Kier molecular flexibility index (Phi) is 3.36. The van der Waals surface area contributed by atoms with Crippen LogP contribution in [-0.2, 0) is 0 Å². The van der Waals surface area contributed by atoms with E-state index in [0.29, 0.717) is 19.6 Å². The van der Waals surface area contributed by atoms with Crippen molar-refractivity contribution in [3.05, 3.63) is 12.7 Å². The number of rotatable bonds is 2. The van der Waals surface area contributed by atoms with E-state index >= 15 is 0 Å². The van der Waals surface area contributed by atoms with E-state index in [1.54, 1.807) is 6.08 Å². The van der Waals surface area contributed by atoms with Crippen molar-refractivity contribution in [1.29, 1.82) is 0 Å². The molecule has 0 unspecified atom stereocenters. The second-order valence-corrected chi connectivity index (χ2v) is 3.41. The number of likely N-dealkylation sites (tertiary alicyclic amines) is 1. The highest BCUT2D eigenvalue weighted by Crippen LogP contribution is 2.33. The highest BCUT2D eigenvalue weighted by Gasteiger charge is 2.40. The third-order valence-electron chi connectivity index (χ3n) is 2.44. The molecular weight excluding hydrogens is 179 g/mol. The molecule has 0 bridgehead atoms. The second-order valence-electron chi connectivity index (χ2n) is 3.41. The summed E-state index contributed by atoms with van der Waals surface area (Å²) in [7, 11) is 0. The Bertz CT molecular complexity index is 168. The van der Waals surface area contributed by atoms with Gasteiger partial charge in [-0.2, -0.15) is 13.2 Å². The number of hydrogen-bond donors (Lipinski definition) is 0. The van der Waals surface area contributed by atoms with Gasteiger partial charge in [0.1, 0.15) is 0 Å². The van der Waals surface area contributed by atoms with Gasteiger partial charge in [0, 0.05) is 6.54 Å². The number of nitrogens with zero attached hydrogens (tertiary/aromatic N) is 1. The van der Waals surface area contributed by atoms with Crippen LogP contribution in [0.3, 0.4) is 0 Å². The summed E-state index contributed by atoms with van der Waals surface area (Å²) in [5, 5.41) is 0. The Balaban J connectivity index is 2.34. The lowest BCUT2D eigenvalue weighted by molar-refractivity contribution is -0.184. The molecule has 4 heteroatoms. The molecule has 1 heterocycles. The highest BCUT2D eigenvalue weighted by atomic mass is 19.4. The summed E-state index contributed by atoms with van der Waals surface area (Å²) in [5.74, 6) is -1.09. The third kappa shape index (κ3) is 3.03. The first-order valence-electron chi connectivity index (χ1n) is 4.44. The molecule has 1 aliphatic rings. The molecule has 0 aromatic rings. The van der Waals surface area contributed by atoms with Crippen LogP contribution in [0.25, 0.3) is 0 Å². The predicted molar refractivity (Wildman–Crippen MR) is 45.4 cm³/mol. The van der Waals surface area contributed by atoms with Gasteiger partial charge in [-0.25, -0.2) is 0 Å². The van der Waals surface area contributed by atoms with E-state index in [4.69, 9.17) is 0 Å². The molecule has 1 saturated heterocycles. The van der Waals surface area contributed by atoms with Crippen molar-refractivity contribution in [2.45, 2.75) is 19.0 Å². The van der Waals surface area contributed by atoms with E-state index in [9.17, 15) is 13.2 Å². The zero-order valence-corrected chi connectivity index (χ0v) is 7.48. The monoisotopic (exact) mass is 193 g/mol. The molecule has 0 aliphatic carbocycles. The highest BCUT2D eigenvalue weighted by molar-refractivity contribution is 4.81. The Labute approximate surface area is 76.2 Å². The largest absolute Gasteiger partial charge is 0.391 e. The first-order valence-corrected chi connectivity index (χ1v) is 4.44. The van der Waals surface area contributed by atoms with Gasteiger partial charge >= 0.3 is 6.18 Å². The third-order valence-corrected chi connectivity index (χ3v) is 2.44. The number of alkyl halides is 3. The van der Waals surface area contributed by atoms with Gasteiger partial charge in [0.2, 0.25) is 0 Å². The summed E-state index contributed by atoms with van der Waals surface area (Å²) < 4.78 is 36.6. The maximum absolute atomic E-state index is 12.2. The van der Waals surface area contributed by atoms with Crippen LogP contribution >= 0.6 is 0 Å². The first-order chi connectivity index (χ1) is 6.04. The summed E-state index contributed by atoms with van der Waals surface area (Å²) in [4.78, 5) is 2.00. The molecule has 1 nitrogen and oxygen atoms in total. The Morgan fingerprint density at radius 1 is 1.31 bits per heavy atom. The number of hydrogen-bond acceptors (Lipinski definition) is 1. The van der Waals surface area contributed by atoms with Crippen LogP contribution in [0.1, 0.15) is 12.8 Å². The Morgan fingerprint density at radius 3 is 2.23 bits per heavy atom. The van der Waals surface area contributed by atoms with E-state index in [0.717, 1.165) is 0 Å². The zero-order valence-electron chi connectivity index (χ0n) is 7.48. The lowest BCUT2D eigenvalue weighted by Crippen LogP contribution is -2.38. The quantitative estimate of drug-likeness (QED) is 0.609. The topological polar surface area (TPSA) is 3.24 Å². The van der Waals surface area contributed by atoms with Crippen LogP contribution in [0, 0.1) is 5.92 Å². The lowest BCUT2D eigenvalue weighted by atomic mass is 9.96. The normalized spacial score (nSPS) is 21.8. The predicted octanol–water partition coefficient (Wildman–Crippen LogP) is 2.45. The minimum atomic E-state index is -4.00. The van der Waals surface area contributed by atoms with Gasteiger partial charge in [0.05, 0.1) is 5.92 Å². The minimum absolute atomic E-state index is 0.233. The van der Waals surface area contributed by atoms with Crippen LogP contribution in [0.5, 0.6) is 0 Å². The van der Waals surface area contributed by atoms with Gasteiger partial charge in [-0.05, 0) is 25.9 Å². The van der Waals surface area contributed by atoms with Crippen LogP contribution < -0.4 is 0 Å². The maximum Gasteiger partial charge on any atom is 0.391 e. The van der Waals surface area contributed by atoms with Crippen molar-refractivity contribution in [1.82, 2.24) is 4.90 Å². The average Bonchev–Trinajstić information content (AvgIpc) is 2.04. The van der Waals surface area contributed by atoms with Crippen LogP contribution in [0.4, 0.5) is 13.2 Å². The average molecular weight is 193 g/mol. The zero-order chi connectivity index (χ0) is 9.90. The smallest absolute Gasteiger partial charge is 0.300 e. The first kappa shape index (κ1) is 10.6. The molecule has 1 rings (SSSR count). The van der Waals surface area contributed by atoms with E-state index < -0.39 is 12.1 Å². The fourth-order valence-corrected chi connectivity index (χ4v) is 1.63. The molecule has 13 heavy (non-hydrogen) atoms. The van der Waals surface area contributed by atoms with E-state index in [2.05, 4.69) is 6.58 Å². The molecule has 0 atom stereocenters. The number of piperidine rings is 1. The summed E-state index contributed by atoms with van der Waals surface area (Å²) in [5.41, 5.74) is 0. The fourth-order valence-electron chi connectivity index (χ4n) is 1.63. The fraction of sp³-hybridized carbons (Fsp3) is 0.778. The van der Waals surface area contributed by atoms with Crippen molar-refractivity contribution in [3.8, 4) is 0 Å². The van der Waals surface area contributed by atoms with E-state index in [1.807, 2.05) is 4.90 Å². The number of halogens is 3. The van der Waals surface area contributed by atoms with Gasteiger partial charge in [-0.1, -0.05) is 6.08 Å². The summed E-state index contributed by atoms with van der Waals surface area (Å²) in [6.07, 6.45) is -1.80. The van der Waals surface area contributed by atoms with Gasteiger partial charge < -0.3 is 0 Å². The van der Waals surface area contributed by atoms with Crippen molar-refractivity contribution < 1.29 is 13.2 Å². The molecular formula is C9H14F3N. The van der Waals surface area contributed by atoms with Crippen molar-refractivity contribution >= 4 is 0 Å². The summed E-state index contributed by atoms with van der Waals surface area (Å²) in [6, 6.07) is 0. The molecule has 76 valence electrons. The Hall–Kier alpha value is -0.510. The molecule has 0 aromatic carbocycles. The van der Waals surface area contributed by atoms with Crippen LogP contribution in [0.15, 0.2) is 12.7 Å². The maximum atomic E-state index is 12.2. The summed E-state index contributed by atoms with van der Waals surface area (Å²) >= 11 is 0. The van der Waals surface area contributed by atoms with Gasteiger partial charge in [0.15, 0.2) is 0 Å². The van der Waals surface area contributed by atoms with Gasteiger partial charge in [-0.3, -0.25) is 4.90 Å². The second kappa shape index (κ2) is 4.13. The van der Waals surface area contributed by atoms with Crippen LogP contribution in [-0.4, -0.2) is 30.7 Å². The summed E-state index contributed by atoms with van der Waals surface area (Å²) in [6.45, 7) is 5.33. The standard InChI is InChI=1S/C9H14F3N/c1-2-5-13-6-3-8(4-7-13)9(10,11)12/h2,8H,1,3-7H2. The minimum Gasteiger partial charge on any atom is -0.300 e. The van der Waals surface area contributed by atoms with Crippen molar-refractivity contribution in [2.24, 2.45) is 5.92 Å². The SMILES string of the molecule is C=CCN1CCC(C(F)(F)F)CC1. The van der Waals surface area contributed by atoms with E-state index in [-0.39, 0.29) is 12.8 Å². The van der Waals surface area contributed by atoms with E-state index in [1.165, 1.54) is 0 Å². The Morgan fingerprint density at radius 2 is 1.85 bits per heavy atom. The molecule has 0 saturated carbocycles. The molecule has 0 N–H and O–H groups in total. The van der Waals surface area contributed by atoms with Gasteiger partial charge in [-0.15, -0.1) is 6.58 Å². The van der Waals surface area contributed by atoms with Crippen molar-refractivity contribution in [3.63, 3.8) is 0 Å². The van der Waals surface area contributed by atoms with Crippen LogP contribution in [0.2, 0.25) is 0 Å².